The number of anilines is 1. The van der Waals surface area contributed by atoms with E-state index >= 15 is 0 Å². The van der Waals surface area contributed by atoms with Gasteiger partial charge in [-0.3, -0.25) is 9.97 Å². The van der Waals surface area contributed by atoms with E-state index in [2.05, 4.69) is 25.3 Å². The van der Waals surface area contributed by atoms with Crippen molar-refractivity contribution >= 4 is 5.95 Å². The number of nitrogens with one attached hydrogen (secondary N) is 1. The van der Waals surface area contributed by atoms with Crippen molar-refractivity contribution in [2.24, 2.45) is 0 Å². The molecule has 2 aromatic heterocycles. The Hall–Kier alpha value is -2.24. The number of aromatic nitrogens is 4. The monoisotopic (exact) mass is 259 g/mol. The summed E-state index contributed by atoms with van der Waals surface area (Å²) >= 11 is 0. The molecular weight excluding hydrogens is 242 g/mol. The first-order valence-electron chi connectivity index (χ1n) is 6.17. The van der Waals surface area contributed by atoms with Crippen LogP contribution in [0.2, 0.25) is 0 Å². The van der Waals surface area contributed by atoms with Crippen molar-refractivity contribution < 1.29 is 4.74 Å². The molecule has 0 aliphatic rings. The van der Waals surface area contributed by atoms with Crippen LogP contribution in [0.3, 0.4) is 0 Å². The highest BCUT2D eigenvalue weighted by atomic mass is 16.5. The fraction of sp³-hybridized carbons (Fsp3) is 0.385. The molecule has 0 aromatic carbocycles. The standard InChI is InChI=1S/C13H17N5O/c1-4-19-12-5-9(2)17-13(18-12)16-8-11-7-14-10(3)6-15-11/h5-7H,4,8H2,1-3H3,(H,16,17,18). The SMILES string of the molecule is CCOc1cc(C)nc(NCc2cnc(C)cn2)n1. The van der Waals surface area contributed by atoms with Crippen LogP contribution in [0.5, 0.6) is 5.88 Å². The van der Waals surface area contributed by atoms with Crippen LogP contribution in [0.15, 0.2) is 18.5 Å². The number of rotatable bonds is 5. The van der Waals surface area contributed by atoms with Crippen LogP contribution < -0.4 is 10.1 Å². The van der Waals surface area contributed by atoms with Gasteiger partial charge in [0.15, 0.2) is 0 Å². The molecule has 19 heavy (non-hydrogen) atoms. The maximum atomic E-state index is 5.38. The van der Waals surface area contributed by atoms with E-state index in [4.69, 9.17) is 4.74 Å². The molecule has 0 saturated heterocycles. The lowest BCUT2D eigenvalue weighted by Gasteiger charge is -2.08. The van der Waals surface area contributed by atoms with Crippen molar-refractivity contribution in [3.8, 4) is 5.88 Å². The van der Waals surface area contributed by atoms with Crippen molar-refractivity contribution in [2.45, 2.75) is 27.3 Å². The maximum absolute atomic E-state index is 5.38. The van der Waals surface area contributed by atoms with Gasteiger partial charge in [-0.05, 0) is 20.8 Å². The summed E-state index contributed by atoms with van der Waals surface area (Å²) < 4.78 is 5.38. The van der Waals surface area contributed by atoms with Crippen LogP contribution in [0.25, 0.3) is 0 Å². The fourth-order valence-electron chi connectivity index (χ4n) is 1.52. The molecule has 100 valence electrons. The molecule has 0 unspecified atom stereocenters. The van der Waals surface area contributed by atoms with E-state index < -0.39 is 0 Å². The van der Waals surface area contributed by atoms with Gasteiger partial charge >= 0.3 is 0 Å². The predicted molar refractivity (Wildman–Crippen MR) is 72.0 cm³/mol. The second kappa shape index (κ2) is 6.08. The number of ether oxygens (including phenoxy) is 1. The summed E-state index contributed by atoms with van der Waals surface area (Å²) in [7, 11) is 0. The van der Waals surface area contributed by atoms with Crippen molar-refractivity contribution in [1.82, 2.24) is 19.9 Å². The number of aryl methyl sites for hydroxylation is 2. The van der Waals surface area contributed by atoms with Gasteiger partial charge in [-0.1, -0.05) is 0 Å². The molecule has 0 fully saturated rings. The molecule has 0 aliphatic heterocycles. The summed E-state index contributed by atoms with van der Waals surface area (Å²) in [6.45, 7) is 6.84. The minimum atomic E-state index is 0.530. The molecule has 2 heterocycles. The smallest absolute Gasteiger partial charge is 0.226 e. The first kappa shape index (κ1) is 13.2. The molecule has 0 atom stereocenters. The summed E-state index contributed by atoms with van der Waals surface area (Å²) in [6.07, 6.45) is 3.47. The van der Waals surface area contributed by atoms with Gasteiger partial charge in [-0.2, -0.15) is 4.98 Å². The quantitative estimate of drug-likeness (QED) is 0.884. The van der Waals surface area contributed by atoms with Crippen molar-refractivity contribution in [3.63, 3.8) is 0 Å². The van der Waals surface area contributed by atoms with Gasteiger partial charge in [0.1, 0.15) is 0 Å². The third-order valence-electron chi connectivity index (χ3n) is 2.38. The number of hydrogen-bond acceptors (Lipinski definition) is 6. The lowest BCUT2D eigenvalue weighted by atomic mass is 10.4. The van der Waals surface area contributed by atoms with Crippen LogP contribution in [0, 0.1) is 13.8 Å². The highest BCUT2D eigenvalue weighted by Crippen LogP contribution is 2.12. The summed E-state index contributed by atoms with van der Waals surface area (Å²) in [5.74, 6) is 1.11. The third kappa shape index (κ3) is 3.87. The summed E-state index contributed by atoms with van der Waals surface area (Å²) in [4.78, 5) is 17.0. The largest absolute Gasteiger partial charge is 0.478 e. The van der Waals surface area contributed by atoms with Gasteiger partial charge in [0.2, 0.25) is 11.8 Å². The lowest BCUT2D eigenvalue weighted by Crippen LogP contribution is -2.07. The molecule has 0 spiro atoms. The molecule has 0 bridgehead atoms. The van der Waals surface area contributed by atoms with Gasteiger partial charge < -0.3 is 10.1 Å². The zero-order valence-corrected chi connectivity index (χ0v) is 11.3. The van der Waals surface area contributed by atoms with Gasteiger partial charge in [-0.25, -0.2) is 4.98 Å². The van der Waals surface area contributed by atoms with Crippen molar-refractivity contribution in [3.05, 3.63) is 35.5 Å². The Balaban J connectivity index is 2.04. The summed E-state index contributed by atoms with van der Waals surface area (Å²) in [5, 5.41) is 3.12. The summed E-state index contributed by atoms with van der Waals surface area (Å²) in [5.41, 5.74) is 2.60. The maximum Gasteiger partial charge on any atom is 0.226 e. The molecule has 2 rings (SSSR count). The van der Waals surface area contributed by atoms with E-state index in [1.54, 1.807) is 18.5 Å². The minimum Gasteiger partial charge on any atom is -0.478 e. The van der Waals surface area contributed by atoms with Gasteiger partial charge in [0.05, 0.1) is 30.7 Å². The molecule has 0 aliphatic carbocycles. The normalized spacial score (nSPS) is 10.3. The molecule has 0 amide bonds. The van der Waals surface area contributed by atoms with Crippen molar-refractivity contribution in [1.29, 1.82) is 0 Å². The van der Waals surface area contributed by atoms with E-state index in [0.29, 0.717) is 25.0 Å². The Bertz CT molecular complexity index is 541. The molecular formula is C13H17N5O. The first-order chi connectivity index (χ1) is 9.17. The first-order valence-corrected chi connectivity index (χ1v) is 6.17. The second-order valence-corrected chi connectivity index (χ2v) is 4.11. The summed E-state index contributed by atoms with van der Waals surface area (Å²) in [6, 6.07) is 1.81. The second-order valence-electron chi connectivity index (χ2n) is 4.11. The molecule has 6 heteroatoms. The van der Waals surface area contributed by atoms with Crippen LogP contribution in [0.1, 0.15) is 24.0 Å². The van der Waals surface area contributed by atoms with Crippen LogP contribution >= 0.6 is 0 Å². The zero-order valence-electron chi connectivity index (χ0n) is 11.3. The number of nitrogens with zero attached hydrogens (tertiary/aromatic N) is 4. The Morgan fingerprint density at radius 2 is 1.95 bits per heavy atom. The minimum absolute atomic E-state index is 0.530. The van der Waals surface area contributed by atoms with Crippen LogP contribution in [0.4, 0.5) is 5.95 Å². The Kier molecular flexibility index (Phi) is 4.22. The molecule has 1 N–H and O–H groups in total. The van der Waals surface area contributed by atoms with Crippen LogP contribution in [-0.4, -0.2) is 26.5 Å². The fourth-order valence-corrected chi connectivity index (χ4v) is 1.52. The topological polar surface area (TPSA) is 72.8 Å². The zero-order chi connectivity index (χ0) is 13.7. The Morgan fingerprint density at radius 1 is 1.11 bits per heavy atom. The average Bonchev–Trinajstić information content (AvgIpc) is 2.38. The van der Waals surface area contributed by atoms with E-state index in [0.717, 1.165) is 17.1 Å². The highest BCUT2D eigenvalue weighted by molar-refractivity contribution is 5.31. The van der Waals surface area contributed by atoms with Gasteiger partial charge in [0, 0.05) is 18.0 Å². The molecule has 0 saturated carbocycles. The predicted octanol–water partition coefficient (Wildman–Crippen LogP) is 1.89. The third-order valence-corrected chi connectivity index (χ3v) is 2.38. The Morgan fingerprint density at radius 3 is 2.63 bits per heavy atom. The number of hydrogen-bond donors (Lipinski definition) is 1. The Labute approximate surface area is 112 Å². The van der Waals surface area contributed by atoms with Gasteiger partial charge in [0.25, 0.3) is 0 Å². The average molecular weight is 259 g/mol. The van der Waals surface area contributed by atoms with E-state index in [1.165, 1.54) is 0 Å². The molecule has 0 radical (unpaired) electrons. The molecule has 6 nitrogen and oxygen atoms in total. The van der Waals surface area contributed by atoms with E-state index in [1.807, 2.05) is 20.8 Å². The lowest BCUT2D eigenvalue weighted by molar-refractivity contribution is 0.326. The van der Waals surface area contributed by atoms with E-state index in [9.17, 15) is 0 Å². The molecule has 2 aromatic rings. The van der Waals surface area contributed by atoms with E-state index in [-0.39, 0.29) is 0 Å². The van der Waals surface area contributed by atoms with Crippen molar-refractivity contribution in [2.75, 3.05) is 11.9 Å². The van der Waals surface area contributed by atoms with Crippen LogP contribution in [-0.2, 0) is 6.54 Å². The highest BCUT2D eigenvalue weighted by Gasteiger charge is 2.03. The van der Waals surface area contributed by atoms with Gasteiger partial charge in [-0.15, -0.1) is 0 Å².